The van der Waals surface area contributed by atoms with Gasteiger partial charge in [0.2, 0.25) is 5.88 Å². The van der Waals surface area contributed by atoms with Gasteiger partial charge in [-0.15, -0.1) is 0 Å². The van der Waals surface area contributed by atoms with Crippen LogP contribution in [0.25, 0.3) is 6.20 Å². The number of carbonyl (C=O) groups excluding carboxylic acids is 1. The maximum Gasteiger partial charge on any atom is 0.273 e. The molecule has 3 atom stereocenters. The van der Waals surface area contributed by atoms with Gasteiger partial charge < -0.3 is 9.64 Å². The first-order valence-corrected chi connectivity index (χ1v) is 9.25. The molecular formula is C20H22N4O2. The maximum atomic E-state index is 13.3. The zero-order valence-corrected chi connectivity index (χ0v) is 15.1. The second-order valence-corrected chi connectivity index (χ2v) is 7.61. The molecule has 0 N–H and O–H groups in total. The lowest BCUT2D eigenvalue weighted by atomic mass is 10.1. The van der Waals surface area contributed by atoms with Gasteiger partial charge in [0, 0.05) is 31.4 Å². The number of hydrogen-bond acceptors (Lipinski definition) is 4. The standard InChI is InChI=1S/C20H22N4O2/c1-12-5-6-18(21-10-12)26-16-9-14-8-15(16)24(11-14)20(25)19-13(2)22-17-4-3-7-23(17)19/h3,5-7,10,14-16H,4,8-9,11H2,1-2H3. The van der Waals surface area contributed by atoms with E-state index in [9.17, 15) is 4.79 Å². The van der Waals surface area contributed by atoms with Gasteiger partial charge in [0.25, 0.3) is 5.91 Å². The summed E-state index contributed by atoms with van der Waals surface area (Å²) in [7, 11) is 0. The lowest BCUT2D eigenvalue weighted by Gasteiger charge is -2.33. The van der Waals surface area contributed by atoms with Crippen molar-refractivity contribution in [3.8, 4) is 5.88 Å². The minimum absolute atomic E-state index is 0.0183. The number of carbonyl (C=O) groups is 1. The smallest absolute Gasteiger partial charge is 0.273 e. The number of nitrogens with zero attached hydrogens (tertiary/aromatic N) is 4. The van der Waals surface area contributed by atoms with Crippen LogP contribution in [-0.2, 0) is 6.42 Å². The van der Waals surface area contributed by atoms with E-state index in [0.29, 0.717) is 17.5 Å². The zero-order chi connectivity index (χ0) is 17.8. The Hall–Kier alpha value is -2.63. The minimum Gasteiger partial charge on any atom is -0.472 e. The third-order valence-corrected chi connectivity index (χ3v) is 5.76. The normalized spacial score (nSPS) is 25.8. The molecule has 2 aliphatic heterocycles. The third-order valence-electron chi connectivity index (χ3n) is 5.76. The minimum atomic E-state index is 0.0183. The molecule has 0 radical (unpaired) electrons. The highest BCUT2D eigenvalue weighted by molar-refractivity contribution is 5.95. The maximum absolute atomic E-state index is 13.3. The number of allylic oxidation sites excluding steroid dienone is 1. The first-order chi connectivity index (χ1) is 12.6. The second kappa shape index (κ2) is 5.69. The summed E-state index contributed by atoms with van der Waals surface area (Å²) < 4.78 is 8.09. The number of aromatic nitrogens is 3. The zero-order valence-electron chi connectivity index (χ0n) is 15.1. The fourth-order valence-electron chi connectivity index (χ4n) is 4.57. The van der Waals surface area contributed by atoms with E-state index < -0.39 is 0 Å². The van der Waals surface area contributed by atoms with Crippen LogP contribution in [0.1, 0.15) is 40.4 Å². The topological polar surface area (TPSA) is 60.2 Å². The Morgan fingerprint density at radius 1 is 1.27 bits per heavy atom. The van der Waals surface area contributed by atoms with E-state index >= 15 is 0 Å². The van der Waals surface area contributed by atoms with Crippen LogP contribution in [0, 0.1) is 19.8 Å². The van der Waals surface area contributed by atoms with Crippen LogP contribution in [-0.4, -0.2) is 44.0 Å². The van der Waals surface area contributed by atoms with Crippen LogP contribution in [0.4, 0.5) is 0 Å². The van der Waals surface area contributed by atoms with Gasteiger partial charge >= 0.3 is 0 Å². The Balaban J connectivity index is 1.38. The van der Waals surface area contributed by atoms with Crippen molar-refractivity contribution in [1.82, 2.24) is 19.4 Å². The van der Waals surface area contributed by atoms with Crippen LogP contribution in [0.2, 0.25) is 0 Å². The lowest BCUT2D eigenvalue weighted by Crippen LogP contribution is -2.47. The first-order valence-electron chi connectivity index (χ1n) is 9.25. The van der Waals surface area contributed by atoms with Gasteiger partial charge in [-0.3, -0.25) is 9.36 Å². The van der Waals surface area contributed by atoms with E-state index in [1.807, 2.05) is 53.9 Å². The fraction of sp³-hybridized carbons (Fsp3) is 0.450. The summed E-state index contributed by atoms with van der Waals surface area (Å²) in [5.41, 5.74) is 2.63. The molecule has 1 saturated carbocycles. The number of ether oxygens (including phenoxy) is 1. The predicted octanol–water partition coefficient (Wildman–Crippen LogP) is 2.60. The molecule has 2 fully saturated rings. The van der Waals surface area contributed by atoms with Crippen LogP contribution in [0.15, 0.2) is 24.4 Å². The average molecular weight is 350 g/mol. The Kier molecular flexibility index (Phi) is 3.42. The number of piperidine rings is 1. The molecule has 4 heterocycles. The molecule has 2 bridgehead atoms. The Labute approximate surface area is 152 Å². The Morgan fingerprint density at radius 3 is 2.92 bits per heavy atom. The summed E-state index contributed by atoms with van der Waals surface area (Å²) in [6.45, 7) is 4.74. The van der Waals surface area contributed by atoms with Crippen molar-refractivity contribution in [3.63, 3.8) is 0 Å². The number of fused-ring (bicyclic) bond motifs is 3. The van der Waals surface area contributed by atoms with Gasteiger partial charge in [-0.25, -0.2) is 9.97 Å². The van der Waals surface area contributed by atoms with E-state index in [4.69, 9.17) is 4.74 Å². The van der Waals surface area contributed by atoms with Gasteiger partial charge in [-0.05, 0) is 38.2 Å². The molecule has 1 saturated heterocycles. The number of pyridine rings is 1. The summed E-state index contributed by atoms with van der Waals surface area (Å²) in [6, 6.07) is 4.03. The summed E-state index contributed by atoms with van der Waals surface area (Å²) in [5.74, 6) is 2.18. The first kappa shape index (κ1) is 15.6. The van der Waals surface area contributed by atoms with E-state index in [2.05, 4.69) is 9.97 Å². The predicted molar refractivity (Wildman–Crippen MR) is 96.9 cm³/mol. The van der Waals surface area contributed by atoms with Crippen molar-refractivity contribution in [2.75, 3.05) is 6.54 Å². The SMILES string of the molecule is Cc1ccc(OC2CC3CC2N(C(=O)c2c(C)nc4n2C=CC4)C3)nc1. The highest BCUT2D eigenvalue weighted by atomic mass is 16.5. The number of amides is 1. The molecule has 26 heavy (non-hydrogen) atoms. The molecule has 2 aromatic heterocycles. The second-order valence-electron chi connectivity index (χ2n) is 7.61. The van der Waals surface area contributed by atoms with Crippen molar-refractivity contribution in [2.45, 2.75) is 45.3 Å². The number of hydrogen-bond donors (Lipinski definition) is 0. The van der Waals surface area contributed by atoms with Crippen LogP contribution in [0.5, 0.6) is 5.88 Å². The third kappa shape index (κ3) is 2.35. The molecule has 0 aromatic carbocycles. The van der Waals surface area contributed by atoms with Gasteiger partial charge in [-0.1, -0.05) is 12.1 Å². The molecule has 3 aliphatic rings. The number of imidazole rings is 1. The molecule has 134 valence electrons. The van der Waals surface area contributed by atoms with Gasteiger partial charge in [0.1, 0.15) is 17.6 Å². The van der Waals surface area contributed by atoms with Crippen molar-refractivity contribution in [1.29, 1.82) is 0 Å². The molecule has 2 aromatic rings. The van der Waals surface area contributed by atoms with Crippen molar-refractivity contribution in [2.24, 2.45) is 5.92 Å². The number of likely N-dealkylation sites (tertiary alicyclic amines) is 1. The molecule has 1 amide bonds. The summed E-state index contributed by atoms with van der Waals surface area (Å²) in [4.78, 5) is 24.2. The quantitative estimate of drug-likeness (QED) is 0.854. The average Bonchev–Trinajstić information content (AvgIpc) is 3.36. The monoisotopic (exact) mass is 350 g/mol. The van der Waals surface area contributed by atoms with Crippen molar-refractivity contribution < 1.29 is 9.53 Å². The molecule has 6 nitrogen and oxygen atoms in total. The highest BCUT2D eigenvalue weighted by Crippen LogP contribution is 2.40. The number of aryl methyl sites for hydroxylation is 2. The van der Waals surface area contributed by atoms with E-state index in [0.717, 1.165) is 42.9 Å². The van der Waals surface area contributed by atoms with Crippen LogP contribution in [0.3, 0.4) is 0 Å². The molecule has 1 aliphatic carbocycles. The number of rotatable bonds is 3. The van der Waals surface area contributed by atoms with E-state index in [1.165, 1.54) is 0 Å². The van der Waals surface area contributed by atoms with Crippen molar-refractivity contribution >= 4 is 12.1 Å². The van der Waals surface area contributed by atoms with Gasteiger partial charge in [-0.2, -0.15) is 0 Å². The van der Waals surface area contributed by atoms with Crippen molar-refractivity contribution in [3.05, 3.63) is 47.2 Å². The van der Waals surface area contributed by atoms with E-state index in [1.54, 1.807) is 0 Å². The molecule has 6 heteroatoms. The molecule has 5 rings (SSSR count). The fourth-order valence-corrected chi connectivity index (χ4v) is 4.57. The van der Waals surface area contributed by atoms with Gasteiger partial charge in [0.05, 0.1) is 11.7 Å². The van der Waals surface area contributed by atoms with Crippen LogP contribution >= 0.6 is 0 Å². The molecule has 3 unspecified atom stereocenters. The van der Waals surface area contributed by atoms with E-state index in [-0.39, 0.29) is 18.1 Å². The summed E-state index contributed by atoms with van der Waals surface area (Å²) in [5, 5.41) is 0. The Morgan fingerprint density at radius 2 is 2.15 bits per heavy atom. The summed E-state index contributed by atoms with van der Waals surface area (Å²) in [6.07, 6.45) is 8.64. The van der Waals surface area contributed by atoms with Crippen LogP contribution < -0.4 is 4.74 Å². The molecule has 0 spiro atoms. The Bertz CT molecular complexity index is 899. The molecular weight excluding hydrogens is 328 g/mol. The van der Waals surface area contributed by atoms with Gasteiger partial charge in [0.15, 0.2) is 0 Å². The largest absolute Gasteiger partial charge is 0.472 e. The lowest BCUT2D eigenvalue weighted by molar-refractivity contribution is 0.0459. The summed E-state index contributed by atoms with van der Waals surface area (Å²) >= 11 is 0. The highest BCUT2D eigenvalue weighted by Gasteiger charge is 2.49.